The topological polar surface area (TPSA) is 74.7 Å². The van der Waals surface area contributed by atoms with E-state index >= 15 is 0 Å². The van der Waals surface area contributed by atoms with E-state index in [4.69, 9.17) is 0 Å². The fourth-order valence-electron chi connectivity index (χ4n) is 3.70. The molecule has 0 fully saturated rings. The summed E-state index contributed by atoms with van der Waals surface area (Å²) in [5, 5.41) is 18.2. The molecular weight excluding hydrogens is 431 g/mol. The Hall–Kier alpha value is -3.40. The van der Waals surface area contributed by atoms with Crippen LogP contribution in [0.25, 0.3) is 10.9 Å². The molecule has 0 aliphatic rings. The van der Waals surface area contributed by atoms with Crippen molar-refractivity contribution in [1.29, 1.82) is 0 Å². The Balaban J connectivity index is 1.79. The Bertz CT molecular complexity index is 1260. The first-order valence-electron chi connectivity index (χ1n) is 9.58. The van der Waals surface area contributed by atoms with Crippen molar-refractivity contribution in [1.82, 2.24) is 20.2 Å². The van der Waals surface area contributed by atoms with Gasteiger partial charge in [0.05, 0.1) is 11.1 Å². The van der Waals surface area contributed by atoms with Crippen molar-refractivity contribution in [3.05, 3.63) is 89.1 Å². The highest BCUT2D eigenvalue weighted by Gasteiger charge is 2.41. The number of hydrogen-bond donors (Lipinski definition) is 2. The molecule has 0 spiro atoms. The van der Waals surface area contributed by atoms with Gasteiger partial charge in [-0.1, -0.05) is 19.1 Å². The van der Waals surface area contributed by atoms with Crippen molar-refractivity contribution < 1.29 is 27.1 Å². The van der Waals surface area contributed by atoms with Crippen LogP contribution in [0.2, 0.25) is 0 Å². The highest BCUT2D eigenvalue weighted by atomic mass is 19.4. The number of H-pyrrole nitrogens is 1. The van der Waals surface area contributed by atoms with Gasteiger partial charge in [-0.25, -0.2) is 13.8 Å². The standard InChI is InChI=1S/C22H17F5N4O/c1-12(18-6-2-13-8-14(22(25,26)27)3-7-19(13)30-18)21(32,10-20-28-11-29-31-20)16-5-4-15(23)9-17(16)24/h2-9,11-12,32H,10H2,1H3,(H,28,29,31). The van der Waals surface area contributed by atoms with E-state index in [9.17, 15) is 27.1 Å². The molecule has 10 heteroatoms. The second-order valence-electron chi connectivity index (χ2n) is 7.52. The van der Waals surface area contributed by atoms with E-state index in [1.165, 1.54) is 24.5 Å². The molecule has 0 aliphatic carbocycles. The summed E-state index contributed by atoms with van der Waals surface area (Å²) in [5.41, 5.74) is -2.30. The van der Waals surface area contributed by atoms with Crippen molar-refractivity contribution in [2.24, 2.45) is 0 Å². The molecule has 166 valence electrons. The predicted octanol–water partition coefficient (Wildman–Crippen LogP) is 4.88. The quantitative estimate of drug-likeness (QED) is 0.427. The van der Waals surface area contributed by atoms with Crippen LogP contribution in [-0.4, -0.2) is 25.3 Å². The van der Waals surface area contributed by atoms with Gasteiger partial charge in [-0.3, -0.25) is 10.1 Å². The number of pyridine rings is 1. The molecule has 32 heavy (non-hydrogen) atoms. The summed E-state index contributed by atoms with van der Waals surface area (Å²) in [6, 6.07) is 8.92. The van der Waals surface area contributed by atoms with Crippen LogP contribution < -0.4 is 0 Å². The first-order valence-corrected chi connectivity index (χ1v) is 9.58. The number of alkyl halides is 3. The van der Waals surface area contributed by atoms with Crippen molar-refractivity contribution in [2.45, 2.75) is 31.0 Å². The fraction of sp³-hybridized carbons (Fsp3) is 0.227. The second-order valence-corrected chi connectivity index (χ2v) is 7.52. The van der Waals surface area contributed by atoms with Crippen LogP contribution in [0.5, 0.6) is 0 Å². The van der Waals surface area contributed by atoms with Crippen molar-refractivity contribution >= 4 is 10.9 Å². The third-order valence-electron chi connectivity index (χ3n) is 5.50. The Morgan fingerprint density at radius 2 is 1.81 bits per heavy atom. The Morgan fingerprint density at radius 3 is 2.47 bits per heavy atom. The summed E-state index contributed by atoms with van der Waals surface area (Å²) in [7, 11) is 0. The van der Waals surface area contributed by atoms with Gasteiger partial charge < -0.3 is 5.11 Å². The van der Waals surface area contributed by atoms with Gasteiger partial charge in [0.2, 0.25) is 0 Å². The lowest BCUT2D eigenvalue weighted by Crippen LogP contribution is -2.36. The zero-order valence-electron chi connectivity index (χ0n) is 16.7. The monoisotopic (exact) mass is 448 g/mol. The van der Waals surface area contributed by atoms with Gasteiger partial charge in [0.25, 0.3) is 0 Å². The normalized spacial score (nSPS) is 15.0. The average molecular weight is 448 g/mol. The minimum absolute atomic E-state index is 0.169. The van der Waals surface area contributed by atoms with Crippen LogP contribution in [0.15, 0.2) is 54.9 Å². The zero-order valence-corrected chi connectivity index (χ0v) is 16.7. The maximum Gasteiger partial charge on any atom is 0.416 e. The third kappa shape index (κ3) is 4.05. The predicted molar refractivity (Wildman–Crippen MR) is 106 cm³/mol. The van der Waals surface area contributed by atoms with Crippen LogP contribution in [0.1, 0.15) is 35.5 Å². The van der Waals surface area contributed by atoms with E-state index in [1.54, 1.807) is 6.92 Å². The molecule has 2 aromatic carbocycles. The van der Waals surface area contributed by atoms with E-state index < -0.39 is 34.9 Å². The number of aromatic amines is 1. The second kappa shape index (κ2) is 7.94. The zero-order chi connectivity index (χ0) is 23.1. The average Bonchev–Trinajstić information content (AvgIpc) is 3.24. The molecule has 4 aromatic rings. The molecule has 2 unspecified atom stereocenters. The van der Waals surface area contributed by atoms with Crippen LogP contribution in [-0.2, 0) is 18.2 Å². The maximum atomic E-state index is 14.7. The van der Waals surface area contributed by atoms with E-state index in [1.807, 2.05) is 0 Å². The minimum atomic E-state index is -4.49. The molecule has 4 rings (SSSR count). The summed E-state index contributed by atoms with van der Waals surface area (Å²) in [5.74, 6) is -2.34. The molecule has 0 radical (unpaired) electrons. The van der Waals surface area contributed by atoms with Gasteiger partial charge in [0, 0.05) is 35.0 Å². The molecule has 0 amide bonds. The summed E-state index contributed by atoms with van der Waals surface area (Å²) in [6.45, 7) is 1.59. The molecule has 2 N–H and O–H groups in total. The smallest absolute Gasteiger partial charge is 0.384 e. The SMILES string of the molecule is CC(c1ccc2cc(C(F)(F)F)ccc2n1)C(O)(Cc1ncn[nH]1)c1ccc(F)cc1F. The van der Waals surface area contributed by atoms with E-state index in [0.29, 0.717) is 11.8 Å². The molecule has 2 heterocycles. The van der Waals surface area contributed by atoms with Gasteiger partial charge >= 0.3 is 6.18 Å². The third-order valence-corrected chi connectivity index (χ3v) is 5.50. The van der Waals surface area contributed by atoms with Gasteiger partial charge in [0.1, 0.15) is 29.4 Å². The van der Waals surface area contributed by atoms with Crippen molar-refractivity contribution in [2.75, 3.05) is 0 Å². The number of halogens is 5. The van der Waals surface area contributed by atoms with Gasteiger partial charge in [-0.05, 0) is 30.3 Å². The Morgan fingerprint density at radius 1 is 1.03 bits per heavy atom. The van der Waals surface area contributed by atoms with Crippen LogP contribution in [0.3, 0.4) is 0 Å². The summed E-state index contributed by atoms with van der Waals surface area (Å²) in [6.07, 6.45) is -3.45. The molecule has 2 atom stereocenters. The molecule has 5 nitrogen and oxygen atoms in total. The first-order chi connectivity index (χ1) is 15.1. The molecule has 0 aliphatic heterocycles. The lowest BCUT2D eigenvalue weighted by Gasteiger charge is -2.34. The van der Waals surface area contributed by atoms with E-state index in [0.717, 1.165) is 24.3 Å². The lowest BCUT2D eigenvalue weighted by atomic mass is 9.77. The lowest BCUT2D eigenvalue weighted by molar-refractivity contribution is -0.137. The molecular formula is C22H17F5N4O. The largest absolute Gasteiger partial charge is 0.416 e. The highest BCUT2D eigenvalue weighted by molar-refractivity contribution is 5.79. The number of aliphatic hydroxyl groups is 1. The Labute approximate surface area is 179 Å². The summed E-state index contributed by atoms with van der Waals surface area (Å²) >= 11 is 0. The number of rotatable bonds is 5. The van der Waals surface area contributed by atoms with Gasteiger partial charge in [-0.2, -0.15) is 18.3 Å². The van der Waals surface area contributed by atoms with E-state index in [2.05, 4.69) is 20.2 Å². The van der Waals surface area contributed by atoms with Crippen LogP contribution >= 0.6 is 0 Å². The number of benzene rings is 2. The molecule has 0 bridgehead atoms. The number of nitrogens with zero attached hydrogens (tertiary/aromatic N) is 3. The maximum absolute atomic E-state index is 14.7. The number of hydrogen-bond acceptors (Lipinski definition) is 4. The van der Waals surface area contributed by atoms with Crippen molar-refractivity contribution in [3.8, 4) is 0 Å². The number of aromatic nitrogens is 4. The van der Waals surface area contributed by atoms with Crippen LogP contribution in [0.4, 0.5) is 22.0 Å². The highest BCUT2D eigenvalue weighted by Crippen LogP contribution is 2.40. The van der Waals surface area contributed by atoms with Gasteiger partial charge in [-0.15, -0.1) is 0 Å². The van der Waals surface area contributed by atoms with Crippen molar-refractivity contribution in [3.63, 3.8) is 0 Å². The summed E-state index contributed by atoms with van der Waals surface area (Å²) < 4.78 is 67.1. The minimum Gasteiger partial charge on any atom is -0.384 e. The van der Waals surface area contributed by atoms with Gasteiger partial charge in [0.15, 0.2) is 0 Å². The number of fused-ring (bicyclic) bond motifs is 1. The molecule has 2 aromatic heterocycles. The molecule has 0 saturated carbocycles. The first kappa shape index (κ1) is 21.8. The fourth-order valence-corrected chi connectivity index (χ4v) is 3.70. The van der Waals surface area contributed by atoms with Crippen LogP contribution in [0, 0.1) is 11.6 Å². The molecule has 0 saturated heterocycles. The summed E-state index contributed by atoms with van der Waals surface area (Å²) in [4.78, 5) is 8.38. The Kier molecular flexibility index (Phi) is 5.41. The van der Waals surface area contributed by atoms with E-state index in [-0.39, 0.29) is 28.7 Å². The number of nitrogens with one attached hydrogen (secondary N) is 1.